The average Bonchev–Trinajstić information content (AvgIpc) is 3.80. The van der Waals surface area contributed by atoms with Gasteiger partial charge in [-0.25, -0.2) is 18.7 Å². The number of carbonyl (C=O) groups excluding carboxylic acids is 3. The molecule has 4 aliphatic heterocycles. The monoisotopic (exact) mass is 727 g/mol. The molecule has 0 saturated carbocycles. The largest absolute Gasteiger partial charge is 0.366 e. The Hall–Kier alpha value is -5.41. The number of nitrogens with zero attached hydrogens (tertiary/aromatic N) is 10. The fourth-order valence-electron chi connectivity index (χ4n) is 8.44. The van der Waals surface area contributed by atoms with E-state index in [0.29, 0.717) is 82.2 Å². The van der Waals surface area contributed by atoms with Crippen LogP contribution in [0.1, 0.15) is 77.3 Å². The number of likely N-dealkylation sites (tertiary alicyclic amines) is 1. The molecule has 7 heterocycles. The van der Waals surface area contributed by atoms with Crippen molar-refractivity contribution in [2.45, 2.75) is 64.0 Å². The molecule has 0 atom stereocenters. The van der Waals surface area contributed by atoms with Crippen LogP contribution in [0.15, 0.2) is 36.9 Å². The van der Waals surface area contributed by atoms with Crippen LogP contribution in [-0.2, 0) is 36.0 Å². The highest BCUT2D eigenvalue weighted by atomic mass is 19.3. The molecule has 2 N–H and O–H groups in total. The van der Waals surface area contributed by atoms with Crippen molar-refractivity contribution in [3.05, 3.63) is 64.9 Å². The van der Waals surface area contributed by atoms with Gasteiger partial charge in [-0.05, 0) is 61.8 Å². The van der Waals surface area contributed by atoms with Crippen molar-refractivity contribution in [1.29, 1.82) is 0 Å². The first-order chi connectivity index (χ1) is 25.7. The predicted octanol–water partition coefficient (Wildman–Crippen LogP) is 3.79. The van der Waals surface area contributed by atoms with E-state index in [2.05, 4.69) is 24.6 Å². The highest BCUT2D eigenvalue weighted by Crippen LogP contribution is 2.43. The smallest absolute Gasteiger partial charge is 0.264 e. The maximum absolute atomic E-state index is 14.6. The fourth-order valence-corrected chi connectivity index (χ4v) is 8.44. The second-order valence-electron chi connectivity index (χ2n) is 14.5. The Balaban J connectivity index is 0.995. The number of primary amides is 1. The SMILES string of the molecule is Cn1cc(-c2cc3c(cc2C(F)F)N(c2nn(C4CCN(C(=O)C5CCN(c6ncc(C(N)=O)cn6)CC5)CC4)c4c2CN(C=O)CC4)CCC3)cn1. The van der Waals surface area contributed by atoms with Gasteiger partial charge >= 0.3 is 0 Å². The van der Waals surface area contributed by atoms with Crippen molar-refractivity contribution in [2.24, 2.45) is 18.7 Å². The highest BCUT2D eigenvalue weighted by Gasteiger charge is 2.36. The van der Waals surface area contributed by atoms with Gasteiger partial charge in [-0.3, -0.25) is 23.7 Å². The molecule has 53 heavy (non-hydrogen) atoms. The van der Waals surface area contributed by atoms with E-state index in [0.717, 1.165) is 60.4 Å². The summed E-state index contributed by atoms with van der Waals surface area (Å²) in [6.45, 7) is 4.14. The number of anilines is 3. The minimum Gasteiger partial charge on any atom is -0.366 e. The Bertz CT molecular complexity index is 2010. The topological polar surface area (TPSA) is 152 Å². The molecular formula is C37H43F2N11O3. The molecule has 0 unspecified atom stereocenters. The zero-order valence-corrected chi connectivity index (χ0v) is 29.7. The van der Waals surface area contributed by atoms with Gasteiger partial charge in [-0.15, -0.1) is 0 Å². The summed E-state index contributed by atoms with van der Waals surface area (Å²) in [5.74, 6) is 0.763. The molecule has 16 heteroatoms. The van der Waals surface area contributed by atoms with Gasteiger partial charge in [0.05, 0.1) is 24.3 Å². The molecule has 8 rings (SSSR count). The third-order valence-electron chi connectivity index (χ3n) is 11.3. The second kappa shape index (κ2) is 14.2. The van der Waals surface area contributed by atoms with E-state index in [-0.39, 0.29) is 29.0 Å². The number of aromatic nitrogens is 6. The first-order valence-corrected chi connectivity index (χ1v) is 18.3. The molecule has 278 valence electrons. The van der Waals surface area contributed by atoms with Crippen LogP contribution in [0, 0.1) is 5.92 Å². The van der Waals surface area contributed by atoms with Gasteiger partial charge < -0.3 is 25.3 Å². The van der Waals surface area contributed by atoms with Gasteiger partial charge in [0.15, 0.2) is 5.82 Å². The molecular weight excluding hydrogens is 684 g/mol. The van der Waals surface area contributed by atoms with E-state index in [1.165, 1.54) is 12.4 Å². The zero-order chi connectivity index (χ0) is 36.8. The summed E-state index contributed by atoms with van der Waals surface area (Å²) in [5.41, 5.74) is 10.4. The predicted molar refractivity (Wildman–Crippen MR) is 192 cm³/mol. The lowest BCUT2D eigenvalue weighted by molar-refractivity contribution is -0.137. The minimum absolute atomic E-state index is 0.0404. The normalized spacial score (nSPS) is 18.3. The summed E-state index contributed by atoms with van der Waals surface area (Å²) in [6, 6.07) is 3.57. The highest BCUT2D eigenvalue weighted by molar-refractivity contribution is 5.92. The molecule has 0 aliphatic carbocycles. The number of nitrogens with two attached hydrogens (primary N) is 1. The Kier molecular flexibility index (Phi) is 9.28. The van der Waals surface area contributed by atoms with Crippen LogP contribution in [0.5, 0.6) is 0 Å². The van der Waals surface area contributed by atoms with Gasteiger partial charge in [0, 0.05) is 105 Å². The number of hydrogen-bond acceptors (Lipinski definition) is 9. The van der Waals surface area contributed by atoms with Crippen LogP contribution in [0.4, 0.5) is 26.2 Å². The number of halogens is 2. The van der Waals surface area contributed by atoms with E-state index >= 15 is 0 Å². The van der Waals surface area contributed by atoms with Gasteiger partial charge in [-0.2, -0.15) is 10.2 Å². The first-order valence-electron chi connectivity index (χ1n) is 18.3. The minimum atomic E-state index is -2.67. The summed E-state index contributed by atoms with van der Waals surface area (Å²) in [7, 11) is 1.77. The quantitative estimate of drug-likeness (QED) is 0.268. The molecule has 4 aromatic rings. The molecule has 0 spiro atoms. The maximum Gasteiger partial charge on any atom is 0.264 e. The number of hydrogen-bond donors (Lipinski definition) is 1. The van der Waals surface area contributed by atoms with Crippen LogP contribution >= 0.6 is 0 Å². The van der Waals surface area contributed by atoms with E-state index in [9.17, 15) is 23.2 Å². The van der Waals surface area contributed by atoms with E-state index in [4.69, 9.17) is 10.8 Å². The zero-order valence-electron chi connectivity index (χ0n) is 29.7. The maximum atomic E-state index is 14.6. The molecule has 1 aromatic carbocycles. The number of benzene rings is 1. The first kappa shape index (κ1) is 34.7. The summed E-state index contributed by atoms with van der Waals surface area (Å²) >= 11 is 0. The second-order valence-corrected chi connectivity index (χ2v) is 14.5. The van der Waals surface area contributed by atoms with Gasteiger partial charge in [-0.1, -0.05) is 0 Å². The third kappa shape index (κ3) is 6.59. The summed E-state index contributed by atoms with van der Waals surface area (Å²) < 4.78 is 32.9. The van der Waals surface area contributed by atoms with Crippen LogP contribution in [0.3, 0.4) is 0 Å². The van der Waals surface area contributed by atoms with Gasteiger partial charge in [0.1, 0.15) is 0 Å². The Labute approximate surface area is 305 Å². The van der Waals surface area contributed by atoms with Crippen LogP contribution in [0.2, 0.25) is 0 Å². The molecule has 14 nitrogen and oxygen atoms in total. The van der Waals surface area contributed by atoms with Gasteiger partial charge in [0.25, 0.3) is 12.3 Å². The molecule has 2 fully saturated rings. The van der Waals surface area contributed by atoms with Gasteiger partial charge in [0.2, 0.25) is 18.3 Å². The van der Waals surface area contributed by atoms with Crippen molar-refractivity contribution >= 4 is 35.7 Å². The summed E-state index contributed by atoms with van der Waals surface area (Å²) in [6.07, 6.45) is 9.54. The molecule has 4 aliphatic rings. The standard InChI is InChI=1S/C37H43F2N11O3/c1-45-20-26(19-43-45)28-15-24-3-2-9-49(32(24)16-29(28)33(38)39)35-30-21-46(22-51)10-8-31(30)50(44-35)27-6-13-47(14-7-27)36(53)23-4-11-48(12-5-23)37-41-17-25(18-42-37)34(40)52/h15-20,22-23,27,33H,2-14,21H2,1H3,(H2,40,52). The van der Waals surface area contributed by atoms with E-state index in [1.54, 1.807) is 35.1 Å². The molecule has 0 radical (unpaired) electrons. The Morgan fingerprint density at radius 3 is 2.38 bits per heavy atom. The number of aryl methyl sites for hydroxylation is 2. The van der Waals surface area contributed by atoms with Crippen LogP contribution in [-0.4, -0.2) is 96.8 Å². The van der Waals surface area contributed by atoms with E-state index in [1.807, 2.05) is 15.9 Å². The number of carbonyl (C=O) groups is 3. The number of alkyl halides is 2. The van der Waals surface area contributed by atoms with Crippen LogP contribution < -0.4 is 15.5 Å². The van der Waals surface area contributed by atoms with E-state index < -0.39 is 12.3 Å². The van der Waals surface area contributed by atoms with Crippen molar-refractivity contribution in [3.63, 3.8) is 0 Å². The number of rotatable bonds is 8. The molecule has 3 aromatic heterocycles. The third-order valence-corrected chi connectivity index (χ3v) is 11.3. The van der Waals surface area contributed by atoms with Crippen molar-refractivity contribution in [1.82, 2.24) is 39.3 Å². The van der Waals surface area contributed by atoms with Crippen molar-refractivity contribution in [3.8, 4) is 11.1 Å². The summed E-state index contributed by atoms with van der Waals surface area (Å²) in [5, 5.41) is 9.44. The summed E-state index contributed by atoms with van der Waals surface area (Å²) in [4.78, 5) is 53.4. The molecule has 0 bridgehead atoms. The lowest BCUT2D eigenvalue weighted by atomic mass is 9.92. The molecule has 2 saturated heterocycles. The Morgan fingerprint density at radius 2 is 1.72 bits per heavy atom. The van der Waals surface area contributed by atoms with Crippen molar-refractivity contribution < 1.29 is 23.2 Å². The number of piperidine rings is 2. The average molecular weight is 728 g/mol. The lowest BCUT2D eigenvalue weighted by Crippen LogP contribution is -2.46. The van der Waals surface area contributed by atoms with Crippen LogP contribution in [0.25, 0.3) is 11.1 Å². The number of fused-ring (bicyclic) bond motifs is 2. The lowest BCUT2D eigenvalue weighted by Gasteiger charge is -2.37. The number of amides is 3. The fraction of sp³-hybridized carbons (Fsp3) is 0.486. The Morgan fingerprint density at radius 1 is 0.962 bits per heavy atom. The van der Waals surface area contributed by atoms with Crippen molar-refractivity contribution in [2.75, 3.05) is 49.1 Å². The molecule has 3 amide bonds.